The zero-order chi connectivity index (χ0) is 19.7. The lowest BCUT2D eigenvalue weighted by molar-refractivity contribution is 0.102. The lowest BCUT2D eigenvalue weighted by Crippen LogP contribution is -2.12. The van der Waals surface area contributed by atoms with Crippen LogP contribution in [0.5, 0.6) is 0 Å². The van der Waals surface area contributed by atoms with Crippen LogP contribution in [0.2, 0.25) is 5.02 Å². The Morgan fingerprint density at radius 1 is 0.964 bits per heavy atom. The van der Waals surface area contributed by atoms with Crippen LogP contribution < -0.4 is 10.7 Å². The molecule has 0 saturated carbocycles. The van der Waals surface area contributed by atoms with E-state index in [1.807, 2.05) is 0 Å². The van der Waals surface area contributed by atoms with E-state index in [4.69, 9.17) is 16.0 Å². The Kier molecular flexibility index (Phi) is 4.67. The Balaban J connectivity index is 1.67. The second-order valence-corrected chi connectivity index (χ2v) is 6.59. The number of carbonyl (C=O) groups is 1. The highest BCUT2D eigenvalue weighted by molar-refractivity contribution is 6.31. The van der Waals surface area contributed by atoms with Gasteiger partial charge in [0.25, 0.3) is 5.91 Å². The molecule has 1 N–H and O–H groups in total. The number of anilines is 1. The van der Waals surface area contributed by atoms with Gasteiger partial charge in [0, 0.05) is 27.9 Å². The summed E-state index contributed by atoms with van der Waals surface area (Å²) in [6.45, 7) is 0. The Hall–Kier alpha value is -3.44. The van der Waals surface area contributed by atoms with E-state index < -0.39 is 0 Å². The number of benzene rings is 3. The molecule has 0 aliphatic heterocycles. The average Bonchev–Trinajstić information content (AvgIpc) is 2.69. The lowest BCUT2D eigenvalue weighted by Gasteiger charge is -2.08. The van der Waals surface area contributed by atoms with E-state index in [2.05, 4.69) is 5.32 Å². The monoisotopic (exact) mass is 393 g/mol. The van der Waals surface area contributed by atoms with Gasteiger partial charge in [-0.05, 0) is 60.7 Å². The first kappa shape index (κ1) is 17.9. The highest BCUT2D eigenvalue weighted by Crippen LogP contribution is 2.24. The third-order valence-corrected chi connectivity index (χ3v) is 4.44. The molecule has 6 heteroatoms. The Morgan fingerprint density at radius 3 is 2.50 bits per heavy atom. The Morgan fingerprint density at radius 2 is 1.75 bits per heavy atom. The van der Waals surface area contributed by atoms with Crippen LogP contribution in [0, 0.1) is 5.82 Å². The van der Waals surface area contributed by atoms with E-state index in [0.717, 1.165) is 0 Å². The summed E-state index contributed by atoms with van der Waals surface area (Å²) in [6, 6.07) is 18.4. The summed E-state index contributed by atoms with van der Waals surface area (Å²) in [5, 5.41) is 3.52. The zero-order valence-electron chi connectivity index (χ0n) is 14.4. The van der Waals surface area contributed by atoms with Crippen molar-refractivity contribution >= 4 is 34.2 Å². The number of fused-ring (bicyclic) bond motifs is 1. The van der Waals surface area contributed by atoms with Crippen LogP contribution in [-0.2, 0) is 0 Å². The van der Waals surface area contributed by atoms with E-state index in [1.54, 1.807) is 54.6 Å². The summed E-state index contributed by atoms with van der Waals surface area (Å²) >= 11 is 5.91. The van der Waals surface area contributed by atoms with Gasteiger partial charge in [-0.2, -0.15) is 0 Å². The van der Waals surface area contributed by atoms with Gasteiger partial charge in [-0.15, -0.1) is 0 Å². The third-order valence-electron chi connectivity index (χ3n) is 4.20. The summed E-state index contributed by atoms with van der Waals surface area (Å²) in [7, 11) is 0. The fourth-order valence-corrected chi connectivity index (χ4v) is 3.01. The molecule has 0 aliphatic carbocycles. The second-order valence-electron chi connectivity index (χ2n) is 6.16. The zero-order valence-corrected chi connectivity index (χ0v) is 15.2. The van der Waals surface area contributed by atoms with Gasteiger partial charge in [0.05, 0.1) is 5.39 Å². The van der Waals surface area contributed by atoms with E-state index in [1.165, 1.54) is 18.2 Å². The van der Waals surface area contributed by atoms with Crippen molar-refractivity contribution in [2.45, 2.75) is 0 Å². The van der Waals surface area contributed by atoms with Crippen molar-refractivity contribution < 1.29 is 13.6 Å². The molecule has 0 unspecified atom stereocenters. The molecule has 0 aliphatic rings. The van der Waals surface area contributed by atoms with Crippen molar-refractivity contribution in [3.8, 4) is 11.3 Å². The molecule has 1 aromatic heterocycles. The molecule has 28 heavy (non-hydrogen) atoms. The number of hydrogen-bond donors (Lipinski definition) is 1. The maximum absolute atomic E-state index is 13.1. The summed E-state index contributed by atoms with van der Waals surface area (Å²) in [4.78, 5) is 24.9. The molecule has 3 aromatic carbocycles. The predicted molar refractivity (Wildman–Crippen MR) is 107 cm³/mol. The fourth-order valence-electron chi connectivity index (χ4n) is 2.82. The van der Waals surface area contributed by atoms with Crippen LogP contribution in [0.3, 0.4) is 0 Å². The minimum absolute atomic E-state index is 0.264. The summed E-state index contributed by atoms with van der Waals surface area (Å²) < 4.78 is 18.9. The maximum atomic E-state index is 13.1. The molecule has 1 heterocycles. The number of rotatable bonds is 3. The molecule has 4 aromatic rings. The molecule has 0 bridgehead atoms. The summed E-state index contributed by atoms with van der Waals surface area (Å²) in [5.74, 6) is -0.366. The molecule has 4 nitrogen and oxygen atoms in total. The quantitative estimate of drug-likeness (QED) is 0.499. The third kappa shape index (κ3) is 3.66. The average molecular weight is 394 g/mol. The van der Waals surface area contributed by atoms with Crippen molar-refractivity contribution in [3.63, 3.8) is 0 Å². The first-order valence-corrected chi connectivity index (χ1v) is 8.78. The van der Waals surface area contributed by atoms with Crippen LogP contribution in [0.25, 0.3) is 22.3 Å². The van der Waals surface area contributed by atoms with E-state index in [9.17, 15) is 14.0 Å². The van der Waals surface area contributed by atoms with Gasteiger partial charge in [-0.1, -0.05) is 17.7 Å². The number of hydrogen-bond acceptors (Lipinski definition) is 3. The number of halogens is 2. The SMILES string of the molecule is O=C(Nc1ccc2oc(-c3ccc(F)cc3)cc(=O)c2c1)c1cccc(Cl)c1. The van der Waals surface area contributed by atoms with Gasteiger partial charge in [0.2, 0.25) is 0 Å². The molecule has 0 spiro atoms. The minimum atomic E-state index is -0.369. The molecule has 1 amide bonds. The molecule has 4 rings (SSSR count). The highest BCUT2D eigenvalue weighted by Gasteiger charge is 2.11. The van der Waals surface area contributed by atoms with Crippen molar-refractivity contribution in [1.82, 2.24) is 0 Å². The van der Waals surface area contributed by atoms with Crippen molar-refractivity contribution in [3.05, 3.63) is 99.4 Å². The van der Waals surface area contributed by atoms with Crippen LogP contribution in [0.15, 0.2) is 82.0 Å². The Bertz CT molecular complexity index is 1250. The maximum Gasteiger partial charge on any atom is 0.255 e. The first-order valence-electron chi connectivity index (χ1n) is 8.40. The molecular formula is C22H13ClFNO3. The topological polar surface area (TPSA) is 59.3 Å². The highest BCUT2D eigenvalue weighted by atomic mass is 35.5. The van der Waals surface area contributed by atoms with Crippen LogP contribution in [0.1, 0.15) is 10.4 Å². The normalized spacial score (nSPS) is 10.8. The Labute approximate surface area is 164 Å². The molecule has 0 radical (unpaired) electrons. The van der Waals surface area contributed by atoms with Crippen molar-refractivity contribution in [2.24, 2.45) is 0 Å². The van der Waals surface area contributed by atoms with E-state index >= 15 is 0 Å². The first-order chi connectivity index (χ1) is 13.5. The number of carbonyl (C=O) groups excluding carboxylic acids is 1. The van der Waals surface area contributed by atoms with Gasteiger partial charge < -0.3 is 9.73 Å². The van der Waals surface area contributed by atoms with Gasteiger partial charge in [0.1, 0.15) is 17.2 Å². The van der Waals surface area contributed by atoms with Gasteiger partial charge >= 0.3 is 0 Å². The molecule has 0 fully saturated rings. The van der Waals surface area contributed by atoms with Crippen molar-refractivity contribution in [2.75, 3.05) is 5.32 Å². The predicted octanol–water partition coefficient (Wildman–Crippen LogP) is 5.50. The standard InChI is InChI=1S/C22H13ClFNO3/c23-15-3-1-2-14(10-15)22(27)25-17-8-9-20-18(11-17)19(26)12-21(28-20)13-4-6-16(24)7-5-13/h1-12H,(H,25,27). The summed E-state index contributed by atoms with van der Waals surface area (Å²) in [5.41, 5.74) is 1.57. The molecule has 138 valence electrons. The largest absolute Gasteiger partial charge is 0.456 e. The smallest absolute Gasteiger partial charge is 0.255 e. The second kappa shape index (κ2) is 7.29. The van der Waals surface area contributed by atoms with Gasteiger partial charge in [-0.3, -0.25) is 9.59 Å². The molecular weight excluding hydrogens is 381 g/mol. The number of amides is 1. The minimum Gasteiger partial charge on any atom is -0.456 e. The van der Waals surface area contributed by atoms with Crippen LogP contribution in [0.4, 0.5) is 10.1 Å². The van der Waals surface area contributed by atoms with Crippen LogP contribution >= 0.6 is 11.6 Å². The van der Waals surface area contributed by atoms with Gasteiger partial charge in [-0.25, -0.2) is 4.39 Å². The van der Waals surface area contributed by atoms with E-state index in [0.29, 0.717) is 38.6 Å². The van der Waals surface area contributed by atoms with Gasteiger partial charge in [0.15, 0.2) is 5.43 Å². The van der Waals surface area contributed by atoms with Crippen LogP contribution in [-0.4, -0.2) is 5.91 Å². The van der Waals surface area contributed by atoms with Crippen molar-refractivity contribution in [1.29, 1.82) is 0 Å². The van der Waals surface area contributed by atoms with E-state index in [-0.39, 0.29) is 17.2 Å². The molecule has 0 saturated heterocycles. The lowest BCUT2D eigenvalue weighted by atomic mass is 10.1. The fraction of sp³-hybridized carbons (Fsp3) is 0. The number of nitrogens with one attached hydrogen (secondary N) is 1. The molecule has 0 atom stereocenters. The summed E-state index contributed by atoms with van der Waals surface area (Å²) in [6.07, 6.45) is 0.